The Labute approximate surface area is 76.9 Å². The minimum absolute atomic E-state index is 0.0960. The van der Waals surface area contributed by atoms with Crippen molar-refractivity contribution in [3.8, 4) is 0 Å². The van der Waals surface area contributed by atoms with Gasteiger partial charge in [-0.25, -0.2) is 0 Å². The van der Waals surface area contributed by atoms with Crippen LogP contribution in [0.2, 0.25) is 0 Å². The van der Waals surface area contributed by atoms with Crippen molar-refractivity contribution in [1.29, 1.82) is 0 Å². The number of rotatable bonds is 2. The average Bonchev–Trinajstić information content (AvgIpc) is 2.67. The van der Waals surface area contributed by atoms with Gasteiger partial charge >= 0.3 is 0 Å². The van der Waals surface area contributed by atoms with Gasteiger partial charge < -0.3 is 9.64 Å². The van der Waals surface area contributed by atoms with E-state index in [9.17, 15) is 4.79 Å². The fourth-order valence-electron chi connectivity index (χ4n) is 1.52. The number of benzene rings is 1. The Morgan fingerprint density at radius 1 is 1.38 bits per heavy atom. The molecule has 1 fully saturated rings. The van der Waals surface area contributed by atoms with Crippen LogP contribution in [0.5, 0.6) is 0 Å². The summed E-state index contributed by atoms with van der Waals surface area (Å²) in [6.45, 7) is 1.01. The summed E-state index contributed by atoms with van der Waals surface area (Å²) in [5.41, 5.74) is 1.13. The number of hydrogen-bond donors (Lipinski definition) is 0. The van der Waals surface area contributed by atoms with E-state index < -0.39 is 0 Å². The molecular formula is C10H11NO2. The minimum atomic E-state index is 0.0960. The van der Waals surface area contributed by atoms with Gasteiger partial charge in [-0.2, -0.15) is 0 Å². The Kier molecular flexibility index (Phi) is 2.27. The maximum atomic E-state index is 10.6. The molecule has 1 saturated heterocycles. The Morgan fingerprint density at radius 2 is 2.15 bits per heavy atom. The molecule has 0 bridgehead atoms. The third-order valence-corrected chi connectivity index (χ3v) is 2.24. The van der Waals surface area contributed by atoms with Gasteiger partial charge in [-0.15, -0.1) is 0 Å². The lowest BCUT2D eigenvalue weighted by molar-refractivity contribution is -0.120. The van der Waals surface area contributed by atoms with Gasteiger partial charge in [0.25, 0.3) is 0 Å². The fourth-order valence-corrected chi connectivity index (χ4v) is 1.52. The van der Waals surface area contributed by atoms with E-state index in [4.69, 9.17) is 4.74 Å². The molecule has 1 atom stereocenters. The van der Waals surface area contributed by atoms with Crippen molar-refractivity contribution in [2.75, 3.05) is 13.3 Å². The molecular weight excluding hydrogens is 166 g/mol. The zero-order valence-corrected chi connectivity index (χ0v) is 7.22. The van der Waals surface area contributed by atoms with Crippen molar-refractivity contribution >= 4 is 6.41 Å². The predicted molar refractivity (Wildman–Crippen MR) is 47.9 cm³/mol. The molecule has 1 aliphatic rings. The van der Waals surface area contributed by atoms with E-state index >= 15 is 0 Å². The Hall–Kier alpha value is -1.35. The number of hydrogen-bond acceptors (Lipinski definition) is 2. The largest absolute Gasteiger partial charge is 0.359 e. The van der Waals surface area contributed by atoms with Gasteiger partial charge in [-0.05, 0) is 5.56 Å². The Bertz CT molecular complexity index is 286. The molecule has 13 heavy (non-hydrogen) atoms. The van der Waals surface area contributed by atoms with Crippen LogP contribution in [-0.2, 0) is 9.53 Å². The first-order valence-electron chi connectivity index (χ1n) is 4.25. The van der Waals surface area contributed by atoms with E-state index in [1.165, 1.54) is 0 Å². The Morgan fingerprint density at radius 3 is 2.85 bits per heavy atom. The summed E-state index contributed by atoms with van der Waals surface area (Å²) in [6.07, 6.45) is 0.838. The van der Waals surface area contributed by atoms with Gasteiger partial charge in [-0.1, -0.05) is 30.3 Å². The van der Waals surface area contributed by atoms with Crippen molar-refractivity contribution in [2.24, 2.45) is 0 Å². The van der Waals surface area contributed by atoms with Gasteiger partial charge in [0.2, 0.25) is 6.41 Å². The first-order chi connectivity index (χ1) is 6.42. The summed E-state index contributed by atoms with van der Waals surface area (Å²) < 4.78 is 5.21. The fraction of sp³-hybridized carbons (Fsp3) is 0.300. The van der Waals surface area contributed by atoms with Crippen LogP contribution < -0.4 is 0 Å². The van der Waals surface area contributed by atoms with Crippen molar-refractivity contribution in [1.82, 2.24) is 4.90 Å². The zero-order chi connectivity index (χ0) is 9.10. The predicted octanol–water partition coefficient (Wildman–Crippen LogP) is 1.17. The smallest absolute Gasteiger partial charge is 0.212 e. The lowest BCUT2D eigenvalue weighted by Gasteiger charge is -2.17. The van der Waals surface area contributed by atoms with Crippen LogP contribution in [0, 0.1) is 0 Å². The van der Waals surface area contributed by atoms with Gasteiger partial charge in [-0.3, -0.25) is 4.79 Å². The van der Waals surface area contributed by atoms with Crippen LogP contribution >= 0.6 is 0 Å². The first kappa shape index (κ1) is 8.26. The highest BCUT2D eigenvalue weighted by atomic mass is 16.5. The molecule has 1 aromatic rings. The highest BCUT2D eigenvalue weighted by molar-refractivity contribution is 5.49. The van der Waals surface area contributed by atoms with Gasteiger partial charge in [0, 0.05) is 0 Å². The Balaban J connectivity index is 2.21. The number of carbonyl (C=O) groups is 1. The molecule has 3 nitrogen and oxygen atoms in total. The van der Waals surface area contributed by atoms with E-state index in [-0.39, 0.29) is 6.04 Å². The summed E-state index contributed by atoms with van der Waals surface area (Å²) in [4.78, 5) is 12.3. The number of ether oxygens (including phenoxy) is 1. The summed E-state index contributed by atoms with van der Waals surface area (Å²) in [5.74, 6) is 0. The molecule has 1 aliphatic heterocycles. The van der Waals surface area contributed by atoms with Crippen LogP contribution in [0.15, 0.2) is 30.3 Å². The van der Waals surface area contributed by atoms with Crippen LogP contribution in [0.3, 0.4) is 0 Å². The van der Waals surface area contributed by atoms with Crippen LogP contribution in [0.4, 0.5) is 0 Å². The molecule has 0 aromatic heterocycles. The van der Waals surface area contributed by atoms with Crippen LogP contribution in [0.25, 0.3) is 0 Å². The zero-order valence-electron chi connectivity index (χ0n) is 7.22. The topological polar surface area (TPSA) is 29.5 Å². The SMILES string of the molecule is O=CN1COCC1c1ccccc1. The van der Waals surface area contributed by atoms with Crippen LogP contribution in [0.1, 0.15) is 11.6 Å². The molecule has 3 heteroatoms. The first-order valence-corrected chi connectivity index (χ1v) is 4.25. The summed E-state index contributed by atoms with van der Waals surface area (Å²) in [6, 6.07) is 10.0. The lowest BCUT2D eigenvalue weighted by atomic mass is 10.1. The second-order valence-corrected chi connectivity index (χ2v) is 3.05. The maximum Gasteiger partial charge on any atom is 0.212 e. The number of nitrogens with zero attached hydrogens (tertiary/aromatic N) is 1. The second kappa shape index (κ2) is 3.58. The van der Waals surface area contributed by atoms with Crippen LogP contribution in [-0.4, -0.2) is 24.6 Å². The second-order valence-electron chi connectivity index (χ2n) is 3.05. The van der Waals surface area contributed by atoms with Gasteiger partial charge in [0.15, 0.2) is 0 Å². The monoisotopic (exact) mass is 177 g/mol. The van der Waals surface area contributed by atoms with Crippen molar-refractivity contribution in [2.45, 2.75) is 6.04 Å². The quantitative estimate of drug-likeness (QED) is 0.635. The lowest BCUT2D eigenvalue weighted by Crippen LogP contribution is -2.22. The molecule has 0 N–H and O–H groups in total. The molecule has 0 radical (unpaired) electrons. The van der Waals surface area contributed by atoms with E-state index in [2.05, 4.69) is 0 Å². The van der Waals surface area contributed by atoms with Crippen molar-refractivity contribution < 1.29 is 9.53 Å². The number of carbonyl (C=O) groups excluding carboxylic acids is 1. The molecule has 0 spiro atoms. The van der Waals surface area contributed by atoms with Gasteiger partial charge in [0.05, 0.1) is 12.6 Å². The molecule has 1 heterocycles. The molecule has 68 valence electrons. The molecule has 0 saturated carbocycles. The highest BCUT2D eigenvalue weighted by Gasteiger charge is 2.24. The highest BCUT2D eigenvalue weighted by Crippen LogP contribution is 2.23. The normalized spacial score (nSPS) is 21.8. The van der Waals surface area contributed by atoms with E-state index in [0.717, 1.165) is 12.0 Å². The van der Waals surface area contributed by atoms with E-state index in [1.54, 1.807) is 4.90 Å². The van der Waals surface area contributed by atoms with E-state index in [1.807, 2.05) is 30.3 Å². The standard InChI is InChI=1S/C10H11NO2/c12-7-11-8-13-6-10(11)9-4-2-1-3-5-9/h1-5,7,10H,6,8H2. The van der Waals surface area contributed by atoms with E-state index in [0.29, 0.717) is 13.3 Å². The summed E-state index contributed by atoms with van der Waals surface area (Å²) in [5, 5.41) is 0. The molecule has 2 rings (SSSR count). The molecule has 1 amide bonds. The number of amides is 1. The minimum Gasteiger partial charge on any atom is -0.359 e. The summed E-state index contributed by atoms with van der Waals surface area (Å²) >= 11 is 0. The molecule has 1 aromatic carbocycles. The summed E-state index contributed by atoms with van der Waals surface area (Å²) in [7, 11) is 0. The van der Waals surface area contributed by atoms with Crippen molar-refractivity contribution in [3.05, 3.63) is 35.9 Å². The van der Waals surface area contributed by atoms with Crippen molar-refractivity contribution in [3.63, 3.8) is 0 Å². The molecule has 1 unspecified atom stereocenters. The third kappa shape index (κ3) is 1.55. The van der Waals surface area contributed by atoms with Gasteiger partial charge in [0.1, 0.15) is 6.73 Å². The molecule has 0 aliphatic carbocycles. The average molecular weight is 177 g/mol. The maximum absolute atomic E-state index is 10.6. The third-order valence-electron chi connectivity index (χ3n) is 2.24.